The number of nitrogens with zero attached hydrogens (tertiary/aromatic N) is 2. The quantitative estimate of drug-likeness (QED) is 0.161. The standard InChI is InChI=1S/C42H74N2P2Si/c1-25(2)34-21-36(27(5)6)40(37(22-34)28(7)8)47(41-38(29(9)10)23-35(26(3)4)24-39(41)30(11)12)42(19,20)44(33(17)18)46(45-47)43(31(13)14)32(15)16/h21-33,45H,1-20H3. The Morgan fingerprint density at radius 2 is 0.830 bits per heavy atom. The molecule has 0 spiro atoms. The zero-order valence-electron chi connectivity index (χ0n) is 34.3. The highest BCUT2D eigenvalue weighted by molar-refractivity contribution is 8.37. The molecule has 2 unspecified atom stereocenters. The van der Waals surface area contributed by atoms with Crippen LogP contribution in [0, 0.1) is 0 Å². The number of rotatable bonds is 12. The van der Waals surface area contributed by atoms with Crippen LogP contribution in [0.1, 0.15) is 207 Å². The summed E-state index contributed by atoms with van der Waals surface area (Å²) in [6.45, 7) is 49.6. The van der Waals surface area contributed by atoms with Crippen molar-refractivity contribution in [3.63, 3.8) is 0 Å². The molecule has 2 aromatic rings. The summed E-state index contributed by atoms with van der Waals surface area (Å²) < 4.78 is 6.03. The van der Waals surface area contributed by atoms with Crippen LogP contribution in [0.15, 0.2) is 24.3 Å². The molecule has 3 rings (SSSR count). The second-order valence-electron chi connectivity index (χ2n) is 17.8. The molecule has 47 heavy (non-hydrogen) atoms. The minimum atomic E-state index is -2.56. The second kappa shape index (κ2) is 15.4. The number of benzene rings is 2. The zero-order valence-corrected chi connectivity index (χ0v) is 37.2. The Morgan fingerprint density at radius 3 is 1.04 bits per heavy atom. The maximum Gasteiger partial charge on any atom is 0.168 e. The Labute approximate surface area is 297 Å². The molecule has 1 saturated heterocycles. The van der Waals surface area contributed by atoms with Crippen molar-refractivity contribution in [1.29, 1.82) is 0 Å². The van der Waals surface area contributed by atoms with Gasteiger partial charge in [0.15, 0.2) is 7.74 Å². The van der Waals surface area contributed by atoms with Gasteiger partial charge >= 0.3 is 0 Å². The lowest BCUT2D eigenvalue weighted by molar-refractivity contribution is 0.242. The van der Waals surface area contributed by atoms with E-state index in [2.05, 4.69) is 172 Å². The van der Waals surface area contributed by atoms with Gasteiger partial charge < -0.3 is 0 Å². The largest absolute Gasteiger partial charge is 0.262 e. The van der Waals surface area contributed by atoms with Crippen LogP contribution in [0.3, 0.4) is 0 Å². The van der Waals surface area contributed by atoms with Gasteiger partial charge in [0, 0.05) is 23.3 Å². The van der Waals surface area contributed by atoms with E-state index in [0.717, 1.165) is 7.82 Å². The average Bonchev–Trinajstić information content (AvgIpc) is 3.17. The fraction of sp³-hybridized carbons (Fsp3) is 0.714. The van der Waals surface area contributed by atoms with Crippen LogP contribution >= 0.6 is 15.7 Å². The number of hydrogen-bond acceptors (Lipinski definition) is 2. The molecule has 0 saturated carbocycles. The van der Waals surface area contributed by atoms with Crippen molar-refractivity contribution in [2.75, 3.05) is 0 Å². The summed E-state index contributed by atoms with van der Waals surface area (Å²) in [6.07, 6.45) is 0. The summed E-state index contributed by atoms with van der Waals surface area (Å²) in [5.74, 6) is 2.90. The fourth-order valence-electron chi connectivity index (χ4n) is 8.44. The lowest BCUT2D eigenvalue weighted by Gasteiger charge is -2.50. The van der Waals surface area contributed by atoms with Crippen molar-refractivity contribution in [2.24, 2.45) is 0 Å². The van der Waals surface area contributed by atoms with Gasteiger partial charge in [-0.2, -0.15) is 0 Å². The molecule has 1 heterocycles. The molecular formula is C42H74N2P2Si. The van der Waals surface area contributed by atoms with E-state index < -0.39 is 15.7 Å². The summed E-state index contributed by atoms with van der Waals surface area (Å²) in [5, 5.41) is 3.63. The van der Waals surface area contributed by atoms with Gasteiger partial charge in [-0.3, -0.25) is 9.34 Å². The maximum absolute atomic E-state index is 3.09. The normalized spacial score (nSPS) is 19.3. The van der Waals surface area contributed by atoms with Crippen LogP contribution in [0.2, 0.25) is 0 Å². The van der Waals surface area contributed by atoms with Crippen molar-refractivity contribution < 1.29 is 0 Å². The van der Waals surface area contributed by atoms with Crippen LogP contribution in [-0.2, 0) is 0 Å². The third-order valence-electron chi connectivity index (χ3n) is 10.7. The summed E-state index contributed by atoms with van der Waals surface area (Å²) >= 11 is 0. The highest BCUT2D eigenvalue weighted by Gasteiger charge is 2.66. The summed E-state index contributed by atoms with van der Waals surface area (Å²) in [6, 6.07) is 12.2. The Bertz CT molecular complexity index is 1230. The third-order valence-corrected chi connectivity index (χ3v) is 30.0. The monoisotopic (exact) mass is 697 g/mol. The van der Waals surface area contributed by atoms with Gasteiger partial charge in [-0.15, -0.1) is 0 Å². The zero-order chi connectivity index (χ0) is 36.1. The van der Waals surface area contributed by atoms with Crippen LogP contribution in [0.25, 0.3) is 0 Å². The fourth-order valence-corrected chi connectivity index (χ4v) is 35.2. The molecule has 5 heteroatoms. The molecule has 0 radical (unpaired) electrons. The maximum atomic E-state index is 3.09. The van der Waals surface area contributed by atoms with E-state index >= 15 is 0 Å². The Balaban J connectivity index is 2.83. The van der Waals surface area contributed by atoms with E-state index in [4.69, 9.17) is 0 Å². The molecule has 2 atom stereocenters. The van der Waals surface area contributed by atoms with E-state index in [9.17, 15) is 0 Å². The molecule has 0 N–H and O–H groups in total. The summed E-state index contributed by atoms with van der Waals surface area (Å²) in [5.41, 5.74) is 9.61. The van der Waals surface area contributed by atoms with Crippen LogP contribution in [-0.4, -0.2) is 40.4 Å². The third kappa shape index (κ3) is 7.43. The van der Waals surface area contributed by atoms with E-state index in [0.29, 0.717) is 53.6 Å². The molecule has 0 bridgehead atoms. The van der Waals surface area contributed by atoms with E-state index in [-0.39, 0.29) is 5.16 Å². The van der Waals surface area contributed by atoms with Gasteiger partial charge in [0.25, 0.3) is 0 Å². The van der Waals surface area contributed by atoms with Crippen molar-refractivity contribution in [3.05, 3.63) is 57.6 Å². The molecular weight excluding hydrogens is 623 g/mol. The van der Waals surface area contributed by atoms with Gasteiger partial charge in [0.05, 0.1) is 7.91 Å². The first-order valence-corrected chi connectivity index (χ1v) is 25.1. The molecule has 0 aromatic heterocycles. The van der Waals surface area contributed by atoms with Crippen molar-refractivity contribution in [1.82, 2.24) is 9.34 Å². The van der Waals surface area contributed by atoms with Crippen molar-refractivity contribution in [2.45, 2.75) is 197 Å². The smallest absolute Gasteiger partial charge is 0.168 e. The molecule has 1 aliphatic heterocycles. The summed E-state index contributed by atoms with van der Waals surface area (Å²) in [4.78, 5) is 0. The Morgan fingerprint density at radius 1 is 0.532 bits per heavy atom. The van der Waals surface area contributed by atoms with E-state index in [1.54, 1.807) is 32.6 Å². The predicted molar refractivity (Wildman–Crippen MR) is 221 cm³/mol. The van der Waals surface area contributed by atoms with Gasteiger partial charge in [0.1, 0.15) is 0 Å². The lowest BCUT2D eigenvalue weighted by atomic mass is 9.89. The Kier molecular flexibility index (Phi) is 13.4. The Hall–Kier alpha value is -0.563. The highest BCUT2D eigenvalue weighted by Crippen LogP contribution is 2.77. The van der Waals surface area contributed by atoms with E-state index in [1.807, 2.05) is 0 Å². The summed E-state index contributed by atoms with van der Waals surface area (Å²) in [7, 11) is -2.18. The van der Waals surface area contributed by atoms with Gasteiger partial charge in [-0.25, -0.2) is 0 Å². The molecule has 1 aliphatic rings. The first-order valence-electron chi connectivity index (χ1n) is 19.1. The molecule has 2 nitrogen and oxygen atoms in total. The topological polar surface area (TPSA) is 6.48 Å². The lowest BCUT2D eigenvalue weighted by Crippen LogP contribution is -2.73. The van der Waals surface area contributed by atoms with Crippen LogP contribution < -0.4 is 10.4 Å². The van der Waals surface area contributed by atoms with Gasteiger partial charge in [-0.1, -0.05) is 115 Å². The molecule has 1 fully saturated rings. The molecule has 2 aromatic carbocycles. The highest BCUT2D eigenvalue weighted by atomic mass is 32.2. The number of hydrogen-bond donors (Lipinski definition) is 0. The minimum absolute atomic E-state index is 0.0204. The first-order chi connectivity index (χ1) is 21.5. The van der Waals surface area contributed by atoms with Crippen LogP contribution in [0.4, 0.5) is 0 Å². The van der Waals surface area contributed by atoms with Crippen molar-refractivity contribution in [3.8, 4) is 0 Å². The molecule has 0 amide bonds. The molecule has 266 valence electrons. The second-order valence-corrected chi connectivity index (χ2v) is 29.3. The average molecular weight is 697 g/mol. The van der Waals surface area contributed by atoms with Gasteiger partial charge in [-0.05, 0) is 135 Å². The van der Waals surface area contributed by atoms with Crippen LogP contribution in [0.5, 0.6) is 0 Å². The predicted octanol–water partition coefficient (Wildman–Crippen LogP) is 12.6. The molecule has 0 aliphatic carbocycles. The first kappa shape index (κ1) is 40.9. The minimum Gasteiger partial charge on any atom is -0.262 e. The van der Waals surface area contributed by atoms with Gasteiger partial charge in [0.2, 0.25) is 0 Å². The van der Waals surface area contributed by atoms with E-state index in [1.165, 1.54) is 11.1 Å². The van der Waals surface area contributed by atoms with Crippen molar-refractivity contribution >= 4 is 33.8 Å². The SMILES string of the molecule is CC(C)c1cc(C(C)C)c([Si]2(c3c(C(C)C)cc(C(C)C)cc3C(C)C)PP(N(C(C)C)C(C)C)N(C(C)C)C2(C)C)c(C(C)C)c1.